The number of aromatic nitrogens is 1. The van der Waals surface area contributed by atoms with Crippen molar-refractivity contribution >= 4 is 34.5 Å². The number of nitrogens with two attached hydrogens (primary N) is 1. The molecule has 21 heavy (non-hydrogen) atoms. The van der Waals surface area contributed by atoms with Gasteiger partial charge < -0.3 is 15.8 Å². The topological polar surface area (TPSA) is 77.2 Å². The Morgan fingerprint density at radius 2 is 2.33 bits per heavy atom. The smallest absolute Gasteiger partial charge is 0.275 e. The highest BCUT2D eigenvalue weighted by atomic mass is 35.5. The minimum atomic E-state index is -0.293. The summed E-state index contributed by atoms with van der Waals surface area (Å²) in [4.78, 5) is 16.3. The summed E-state index contributed by atoms with van der Waals surface area (Å²) in [5, 5.41) is 5.60. The van der Waals surface area contributed by atoms with Crippen LogP contribution in [0.5, 0.6) is 5.75 Å². The van der Waals surface area contributed by atoms with E-state index in [1.807, 2.05) is 13.8 Å². The van der Waals surface area contributed by atoms with Crippen LogP contribution in [-0.4, -0.2) is 17.5 Å². The molecular formula is C14H16ClN3O2S. The Labute approximate surface area is 132 Å². The van der Waals surface area contributed by atoms with Gasteiger partial charge in [-0.05, 0) is 32.0 Å². The molecule has 2 aromatic rings. The summed E-state index contributed by atoms with van der Waals surface area (Å²) < 4.78 is 5.34. The average Bonchev–Trinajstić information content (AvgIpc) is 2.92. The second-order valence-electron chi connectivity index (χ2n) is 4.39. The average molecular weight is 326 g/mol. The first-order valence-electron chi connectivity index (χ1n) is 6.46. The molecule has 3 N–H and O–H groups in total. The monoisotopic (exact) mass is 325 g/mol. The number of nitrogens with one attached hydrogen (secondary N) is 1. The Hall–Kier alpha value is -1.63. The number of halogens is 1. The van der Waals surface area contributed by atoms with Crippen LogP contribution in [0.1, 0.15) is 35.4 Å². The van der Waals surface area contributed by atoms with Gasteiger partial charge in [-0.3, -0.25) is 4.79 Å². The molecule has 0 saturated heterocycles. The van der Waals surface area contributed by atoms with Gasteiger partial charge in [0.25, 0.3) is 5.91 Å². The molecule has 0 aliphatic heterocycles. The highest BCUT2D eigenvalue weighted by molar-refractivity contribution is 7.09. The molecular weight excluding hydrogens is 310 g/mol. The van der Waals surface area contributed by atoms with E-state index in [1.54, 1.807) is 23.6 Å². The van der Waals surface area contributed by atoms with E-state index in [2.05, 4.69) is 10.3 Å². The Morgan fingerprint density at radius 1 is 1.57 bits per heavy atom. The van der Waals surface area contributed by atoms with Gasteiger partial charge in [0.1, 0.15) is 16.5 Å². The first-order chi connectivity index (χ1) is 10.0. The van der Waals surface area contributed by atoms with Crippen LogP contribution >= 0.6 is 22.9 Å². The zero-order chi connectivity index (χ0) is 15.4. The summed E-state index contributed by atoms with van der Waals surface area (Å²) in [6.45, 7) is 4.24. The van der Waals surface area contributed by atoms with E-state index in [9.17, 15) is 4.79 Å². The van der Waals surface area contributed by atoms with Gasteiger partial charge in [-0.15, -0.1) is 11.3 Å². The van der Waals surface area contributed by atoms with Gasteiger partial charge in [-0.25, -0.2) is 4.98 Å². The number of amides is 1. The van der Waals surface area contributed by atoms with Crippen LogP contribution in [0.25, 0.3) is 0 Å². The molecule has 1 atom stereocenters. The molecule has 0 aliphatic rings. The normalized spacial score (nSPS) is 12.0. The SMILES string of the molecule is CCOc1ccc(NC(=O)c2csc(C(C)N)n2)cc1Cl. The first-order valence-corrected chi connectivity index (χ1v) is 7.71. The Kier molecular flexibility index (Phi) is 5.17. The van der Waals surface area contributed by atoms with Crippen molar-refractivity contribution < 1.29 is 9.53 Å². The summed E-state index contributed by atoms with van der Waals surface area (Å²) in [7, 11) is 0. The lowest BCUT2D eigenvalue weighted by Gasteiger charge is -2.08. The van der Waals surface area contributed by atoms with Gasteiger partial charge in [-0.1, -0.05) is 11.6 Å². The molecule has 1 heterocycles. The number of ether oxygens (including phenoxy) is 1. The lowest BCUT2D eigenvalue weighted by atomic mass is 10.3. The second kappa shape index (κ2) is 6.89. The van der Waals surface area contributed by atoms with Crippen molar-refractivity contribution in [2.75, 3.05) is 11.9 Å². The minimum Gasteiger partial charge on any atom is -0.492 e. The molecule has 1 aromatic carbocycles. The van der Waals surface area contributed by atoms with E-state index < -0.39 is 0 Å². The van der Waals surface area contributed by atoms with Crippen LogP contribution in [0.2, 0.25) is 5.02 Å². The van der Waals surface area contributed by atoms with Gasteiger partial charge in [0, 0.05) is 11.1 Å². The maximum atomic E-state index is 12.1. The maximum Gasteiger partial charge on any atom is 0.275 e. The molecule has 7 heteroatoms. The lowest BCUT2D eigenvalue weighted by Crippen LogP contribution is -2.13. The van der Waals surface area contributed by atoms with Crippen molar-refractivity contribution in [3.8, 4) is 5.75 Å². The number of carbonyl (C=O) groups excluding carboxylic acids is 1. The predicted molar refractivity (Wildman–Crippen MR) is 85.3 cm³/mol. The molecule has 1 unspecified atom stereocenters. The largest absolute Gasteiger partial charge is 0.492 e. The van der Waals surface area contributed by atoms with Gasteiger partial charge in [0.15, 0.2) is 0 Å². The van der Waals surface area contributed by atoms with Crippen LogP contribution in [0, 0.1) is 0 Å². The van der Waals surface area contributed by atoms with E-state index in [0.717, 1.165) is 5.01 Å². The molecule has 0 radical (unpaired) electrons. The number of anilines is 1. The number of carbonyl (C=O) groups is 1. The molecule has 0 spiro atoms. The van der Waals surface area contributed by atoms with E-state index in [-0.39, 0.29) is 11.9 Å². The number of rotatable bonds is 5. The zero-order valence-corrected chi connectivity index (χ0v) is 13.3. The van der Waals surface area contributed by atoms with Crippen molar-refractivity contribution in [3.05, 3.63) is 39.3 Å². The van der Waals surface area contributed by atoms with Crippen molar-refractivity contribution in [3.63, 3.8) is 0 Å². The molecule has 1 amide bonds. The number of hydrogen-bond acceptors (Lipinski definition) is 5. The highest BCUT2D eigenvalue weighted by Crippen LogP contribution is 2.28. The zero-order valence-electron chi connectivity index (χ0n) is 11.7. The molecule has 0 fully saturated rings. The standard InChI is InChI=1S/C14H16ClN3O2S/c1-3-20-12-5-4-9(6-10(12)15)17-13(19)11-7-21-14(18-11)8(2)16/h4-8H,3,16H2,1-2H3,(H,17,19). The highest BCUT2D eigenvalue weighted by Gasteiger charge is 2.13. The van der Waals surface area contributed by atoms with E-state index >= 15 is 0 Å². The van der Waals surface area contributed by atoms with Crippen molar-refractivity contribution in [1.82, 2.24) is 4.98 Å². The van der Waals surface area contributed by atoms with Crippen molar-refractivity contribution in [2.24, 2.45) is 5.73 Å². The Balaban J connectivity index is 2.10. The molecule has 2 rings (SSSR count). The third-order valence-corrected chi connectivity index (χ3v) is 3.97. The van der Waals surface area contributed by atoms with Crippen LogP contribution in [0.15, 0.2) is 23.6 Å². The fourth-order valence-electron chi connectivity index (χ4n) is 1.65. The summed E-state index contributed by atoms with van der Waals surface area (Å²) in [5.41, 5.74) is 6.66. The quantitative estimate of drug-likeness (QED) is 0.882. The second-order valence-corrected chi connectivity index (χ2v) is 5.69. The van der Waals surface area contributed by atoms with Gasteiger partial charge in [0.05, 0.1) is 17.7 Å². The number of benzene rings is 1. The van der Waals surface area contributed by atoms with Crippen LogP contribution < -0.4 is 15.8 Å². The predicted octanol–water partition coefficient (Wildman–Crippen LogP) is 3.47. The van der Waals surface area contributed by atoms with Gasteiger partial charge in [0.2, 0.25) is 0 Å². The number of hydrogen-bond donors (Lipinski definition) is 2. The summed E-state index contributed by atoms with van der Waals surface area (Å²) >= 11 is 7.44. The third-order valence-electron chi connectivity index (χ3n) is 2.63. The third kappa shape index (κ3) is 3.93. The van der Waals surface area contributed by atoms with Crippen molar-refractivity contribution in [2.45, 2.75) is 19.9 Å². The summed E-state index contributed by atoms with van der Waals surface area (Å²) in [5.74, 6) is 0.295. The molecule has 1 aromatic heterocycles. The van der Waals surface area contributed by atoms with Crippen LogP contribution in [-0.2, 0) is 0 Å². The van der Waals surface area contributed by atoms with Crippen LogP contribution in [0.3, 0.4) is 0 Å². The molecule has 0 aliphatic carbocycles. The van der Waals surface area contributed by atoms with Crippen LogP contribution in [0.4, 0.5) is 5.69 Å². The summed E-state index contributed by atoms with van der Waals surface area (Å²) in [6.07, 6.45) is 0. The Morgan fingerprint density at radius 3 is 2.90 bits per heavy atom. The maximum absolute atomic E-state index is 12.1. The number of nitrogens with zero attached hydrogens (tertiary/aromatic N) is 1. The minimum absolute atomic E-state index is 0.184. The first kappa shape index (κ1) is 15.8. The Bertz CT molecular complexity index is 643. The van der Waals surface area contributed by atoms with E-state index in [0.29, 0.717) is 28.8 Å². The fraction of sp³-hybridized carbons (Fsp3) is 0.286. The number of thiazole rings is 1. The lowest BCUT2D eigenvalue weighted by molar-refractivity contribution is 0.102. The van der Waals surface area contributed by atoms with E-state index in [4.69, 9.17) is 22.1 Å². The molecule has 0 saturated carbocycles. The fourth-order valence-corrected chi connectivity index (χ4v) is 2.64. The summed E-state index contributed by atoms with van der Waals surface area (Å²) in [6, 6.07) is 4.91. The molecule has 112 valence electrons. The van der Waals surface area contributed by atoms with Crippen molar-refractivity contribution in [1.29, 1.82) is 0 Å². The molecule has 0 bridgehead atoms. The van der Waals surface area contributed by atoms with Gasteiger partial charge in [-0.2, -0.15) is 0 Å². The van der Waals surface area contributed by atoms with Gasteiger partial charge >= 0.3 is 0 Å². The van der Waals surface area contributed by atoms with E-state index in [1.165, 1.54) is 11.3 Å². The molecule has 5 nitrogen and oxygen atoms in total.